The molecule has 0 radical (unpaired) electrons. The molecule has 1 amide bonds. The normalized spacial score (nSPS) is 11.8. The van der Waals surface area contributed by atoms with Gasteiger partial charge in [-0.1, -0.05) is 23.7 Å². The monoisotopic (exact) mass is 227 g/mol. The number of hydrogen-bond acceptors (Lipinski definition) is 2. The molecule has 15 heavy (non-hydrogen) atoms. The van der Waals surface area contributed by atoms with Gasteiger partial charge in [-0.3, -0.25) is 4.79 Å². The summed E-state index contributed by atoms with van der Waals surface area (Å²) in [6.45, 7) is 0. The maximum Gasteiger partial charge on any atom is 0.326 e. The molecule has 0 saturated heterocycles. The summed E-state index contributed by atoms with van der Waals surface area (Å²) in [5, 5.41) is 11.6. The minimum absolute atomic E-state index is 0.217. The van der Waals surface area contributed by atoms with Gasteiger partial charge in [-0.2, -0.15) is 0 Å². The van der Waals surface area contributed by atoms with Crippen molar-refractivity contribution in [2.45, 2.75) is 12.5 Å². The summed E-state index contributed by atoms with van der Waals surface area (Å²) in [5.74, 6) is -1.07. The van der Waals surface area contributed by atoms with Crippen molar-refractivity contribution in [3.63, 3.8) is 0 Å². The smallest absolute Gasteiger partial charge is 0.326 e. The van der Waals surface area contributed by atoms with Gasteiger partial charge in [-0.25, -0.2) is 4.79 Å². The Kier molecular flexibility index (Phi) is 4.12. The third kappa shape index (κ3) is 3.59. The molecule has 1 aromatic rings. The molecule has 0 saturated carbocycles. The average Bonchev–Trinajstić information content (AvgIpc) is 2.17. The van der Waals surface area contributed by atoms with Crippen molar-refractivity contribution < 1.29 is 14.7 Å². The SMILES string of the molecule is O=CN[C@@H](Cc1cccc(Cl)c1)C(=O)O. The van der Waals surface area contributed by atoms with Crippen molar-refractivity contribution in [3.8, 4) is 0 Å². The molecule has 0 heterocycles. The molecule has 4 nitrogen and oxygen atoms in total. The third-order valence-corrected chi connectivity index (χ3v) is 2.13. The highest BCUT2D eigenvalue weighted by Gasteiger charge is 2.16. The van der Waals surface area contributed by atoms with E-state index in [0.717, 1.165) is 5.56 Å². The molecular formula is C10H10ClNO3. The number of amides is 1. The molecule has 0 bridgehead atoms. The van der Waals surface area contributed by atoms with Crippen molar-refractivity contribution >= 4 is 24.0 Å². The minimum Gasteiger partial charge on any atom is -0.480 e. The summed E-state index contributed by atoms with van der Waals surface area (Å²) < 4.78 is 0. The highest BCUT2D eigenvalue weighted by molar-refractivity contribution is 6.30. The maximum atomic E-state index is 10.7. The molecule has 5 heteroatoms. The van der Waals surface area contributed by atoms with Gasteiger partial charge in [-0.05, 0) is 17.7 Å². The summed E-state index contributed by atoms with van der Waals surface area (Å²) in [7, 11) is 0. The van der Waals surface area contributed by atoms with Crippen molar-refractivity contribution in [2.75, 3.05) is 0 Å². The van der Waals surface area contributed by atoms with Crippen LogP contribution in [0.1, 0.15) is 5.56 Å². The molecule has 0 aliphatic carbocycles. The third-order valence-electron chi connectivity index (χ3n) is 1.90. The first-order chi connectivity index (χ1) is 7.13. The van der Waals surface area contributed by atoms with E-state index in [1.165, 1.54) is 0 Å². The molecule has 0 aliphatic heterocycles. The first-order valence-electron chi connectivity index (χ1n) is 4.30. The zero-order valence-electron chi connectivity index (χ0n) is 7.81. The van der Waals surface area contributed by atoms with Crippen LogP contribution in [0.3, 0.4) is 0 Å². The summed E-state index contributed by atoms with van der Waals surface area (Å²) in [5.41, 5.74) is 0.768. The first-order valence-corrected chi connectivity index (χ1v) is 4.68. The quantitative estimate of drug-likeness (QED) is 0.740. The van der Waals surface area contributed by atoms with E-state index >= 15 is 0 Å². The summed E-state index contributed by atoms with van der Waals surface area (Å²) in [6.07, 6.45) is 0.595. The molecule has 2 N–H and O–H groups in total. The zero-order valence-corrected chi connectivity index (χ0v) is 8.57. The number of halogens is 1. The van der Waals surface area contributed by atoms with E-state index in [1.807, 2.05) is 0 Å². The zero-order chi connectivity index (χ0) is 11.3. The molecule has 0 aromatic heterocycles. The van der Waals surface area contributed by atoms with Gasteiger partial charge in [0.1, 0.15) is 6.04 Å². The number of hydrogen-bond donors (Lipinski definition) is 2. The average molecular weight is 228 g/mol. The predicted octanol–water partition coefficient (Wildman–Crippen LogP) is 1.08. The fourth-order valence-electron chi connectivity index (χ4n) is 1.20. The molecule has 1 rings (SSSR count). The topological polar surface area (TPSA) is 66.4 Å². The number of aliphatic carboxylic acids is 1. The standard InChI is InChI=1S/C10H10ClNO3/c11-8-3-1-2-7(4-8)5-9(10(14)15)12-6-13/h1-4,6,9H,5H2,(H,12,13)(H,14,15)/t9-/m0/s1. The van der Waals surface area contributed by atoms with Crippen molar-refractivity contribution in [1.82, 2.24) is 5.32 Å². The van der Waals surface area contributed by atoms with E-state index in [4.69, 9.17) is 16.7 Å². The van der Waals surface area contributed by atoms with Gasteiger partial charge in [-0.15, -0.1) is 0 Å². The summed E-state index contributed by atoms with van der Waals surface area (Å²) in [6, 6.07) is 5.95. The van der Waals surface area contributed by atoms with Crippen LogP contribution in [0, 0.1) is 0 Å². The van der Waals surface area contributed by atoms with E-state index in [-0.39, 0.29) is 6.42 Å². The Morgan fingerprint density at radius 3 is 2.87 bits per heavy atom. The second-order valence-corrected chi connectivity index (χ2v) is 3.45. The lowest BCUT2D eigenvalue weighted by atomic mass is 10.1. The van der Waals surface area contributed by atoms with Gasteiger partial charge in [0.25, 0.3) is 0 Å². The van der Waals surface area contributed by atoms with E-state index in [0.29, 0.717) is 11.4 Å². The van der Waals surface area contributed by atoms with Crippen LogP contribution in [-0.2, 0) is 16.0 Å². The largest absolute Gasteiger partial charge is 0.480 e. The first kappa shape index (κ1) is 11.5. The van der Waals surface area contributed by atoms with Gasteiger partial charge in [0.05, 0.1) is 0 Å². The van der Waals surface area contributed by atoms with Crippen molar-refractivity contribution in [2.24, 2.45) is 0 Å². The lowest BCUT2D eigenvalue weighted by Crippen LogP contribution is -2.37. The van der Waals surface area contributed by atoms with Crippen molar-refractivity contribution in [1.29, 1.82) is 0 Å². The van der Waals surface area contributed by atoms with Gasteiger partial charge in [0, 0.05) is 11.4 Å². The predicted molar refractivity (Wildman–Crippen MR) is 55.8 cm³/mol. The van der Waals surface area contributed by atoms with E-state index < -0.39 is 12.0 Å². The highest BCUT2D eigenvalue weighted by Crippen LogP contribution is 2.12. The Morgan fingerprint density at radius 1 is 1.60 bits per heavy atom. The van der Waals surface area contributed by atoms with E-state index in [1.54, 1.807) is 24.3 Å². The number of carboxylic acid groups (broad SMARTS) is 1. The Bertz CT molecular complexity index is 367. The Hall–Kier alpha value is -1.55. The van der Waals surface area contributed by atoms with Crippen LogP contribution in [0.25, 0.3) is 0 Å². The van der Waals surface area contributed by atoms with Crippen LogP contribution in [0.2, 0.25) is 5.02 Å². The molecule has 0 unspecified atom stereocenters. The second kappa shape index (κ2) is 5.36. The number of carbonyl (C=O) groups is 2. The highest BCUT2D eigenvalue weighted by atomic mass is 35.5. The van der Waals surface area contributed by atoms with Gasteiger partial charge in [0.15, 0.2) is 0 Å². The minimum atomic E-state index is -1.07. The lowest BCUT2D eigenvalue weighted by molar-refractivity contribution is -0.140. The van der Waals surface area contributed by atoms with Crippen LogP contribution in [-0.4, -0.2) is 23.5 Å². The van der Waals surface area contributed by atoms with E-state index in [2.05, 4.69) is 5.32 Å². The van der Waals surface area contributed by atoms with Crippen LogP contribution in [0.5, 0.6) is 0 Å². The number of carbonyl (C=O) groups excluding carboxylic acids is 1. The van der Waals surface area contributed by atoms with Crippen LogP contribution < -0.4 is 5.32 Å². The molecule has 80 valence electrons. The van der Waals surface area contributed by atoms with Gasteiger partial charge >= 0.3 is 5.97 Å². The molecule has 0 fully saturated rings. The van der Waals surface area contributed by atoms with Crippen LogP contribution >= 0.6 is 11.6 Å². The number of nitrogens with one attached hydrogen (secondary N) is 1. The fourth-order valence-corrected chi connectivity index (χ4v) is 1.41. The van der Waals surface area contributed by atoms with Crippen LogP contribution in [0.4, 0.5) is 0 Å². The van der Waals surface area contributed by atoms with Crippen LogP contribution in [0.15, 0.2) is 24.3 Å². The number of benzene rings is 1. The Morgan fingerprint density at radius 2 is 2.33 bits per heavy atom. The number of rotatable bonds is 5. The molecule has 1 atom stereocenters. The van der Waals surface area contributed by atoms with Crippen molar-refractivity contribution in [3.05, 3.63) is 34.9 Å². The Labute approximate surface area is 91.9 Å². The molecule has 1 aromatic carbocycles. The van der Waals surface area contributed by atoms with Gasteiger partial charge < -0.3 is 10.4 Å². The molecular weight excluding hydrogens is 218 g/mol. The Balaban J connectivity index is 2.73. The maximum absolute atomic E-state index is 10.7. The van der Waals surface area contributed by atoms with Gasteiger partial charge in [0.2, 0.25) is 6.41 Å². The molecule has 0 spiro atoms. The lowest BCUT2D eigenvalue weighted by Gasteiger charge is -2.10. The summed E-state index contributed by atoms with van der Waals surface area (Å²) in [4.78, 5) is 20.9. The second-order valence-electron chi connectivity index (χ2n) is 3.01. The van der Waals surface area contributed by atoms with E-state index in [9.17, 15) is 9.59 Å². The summed E-state index contributed by atoms with van der Waals surface area (Å²) >= 11 is 5.75. The number of carboxylic acids is 1. The fraction of sp³-hybridized carbons (Fsp3) is 0.200. The molecule has 0 aliphatic rings.